The van der Waals surface area contributed by atoms with Crippen molar-refractivity contribution in [3.05, 3.63) is 118 Å². The second kappa shape index (κ2) is 14.2. The Bertz CT molecular complexity index is 1630. The first kappa shape index (κ1) is 31.4. The number of imidazole rings is 1. The predicted octanol–water partition coefficient (Wildman–Crippen LogP) is 7.58. The molecule has 1 aliphatic rings. The average molecular weight is 616 g/mol. The van der Waals surface area contributed by atoms with Gasteiger partial charge in [-0.2, -0.15) is 0 Å². The summed E-state index contributed by atoms with van der Waals surface area (Å²) in [6.07, 6.45) is 5.66. The first-order chi connectivity index (χ1) is 21.2. The van der Waals surface area contributed by atoms with Crippen LogP contribution in [0.5, 0.6) is 5.88 Å². The van der Waals surface area contributed by atoms with Gasteiger partial charge in [0.15, 0.2) is 5.78 Å². The molecule has 0 N–H and O–H groups in total. The quantitative estimate of drug-likeness (QED) is 0.153. The molecule has 0 aliphatic carbocycles. The third-order valence-electron chi connectivity index (χ3n) is 8.30. The smallest absolute Gasteiger partial charge is 0.213 e. The van der Waals surface area contributed by atoms with Crippen molar-refractivity contribution >= 4 is 23.1 Å². The Kier molecular flexibility index (Phi) is 10.1. The van der Waals surface area contributed by atoms with Crippen molar-refractivity contribution in [3.63, 3.8) is 0 Å². The van der Waals surface area contributed by atoms with Gasteiger partial charge in [0.2, 0.25) is 5.88 Å². The number of ketones is 1. The van der Waals surface area contributed by atoms with Crippen molar-refractivity contribution < 1.29 is 13.9 Å². The van der Waals surface area contributed by atoms with Gasteiger partial charge in [0, 0.05) is 64.5 Å². The zero-order chi connectivity index (χ0) is 31.2. The predicted molar refractivity (Wildman–Crippen MR) is 173 cm³/mol. The molecule has 0 amide bonds. The number of ether oxygens (including phenoxy) is 1. The number of likely N-dealkylation sites (tertiary alicyclic amines) is 1. The molecule has 1 fully saturated rings. The summed E-state index contributed by atoms with van der Waals surface area (Å²) >= 11 is 5.87. The minimum absolute atomic E-state index is 0.0395. The molecule has 0 saturated carbocycles. The molecule has 3 heterocycles. The number of carbonyl (C=O) groups excluding carboxylic acids is 1. The van der Waals surface area contributed by atoms with Crippen LogP contribution in [0.2, 0.25) is 5.02 Å². The van der Waals surface area contributed by atoms with Crippen LogP contribution in [0.15, 0.2) is 79.4 Å². The van der Waals surface area contributed by atoms with Crippen LogP contribution in [0.3, 0.4) is 0 Å². The summed E-state index contributed by atoms with van der Waals surface area (Å²) in [5.74, 6) is 0.439. The standard InChI is InChI=1S/C35H39ClFN5O2/c1-5-41-23-38-19-31(41)21-42(34-17-28(26(4)43)10-9-24(34)2)25(3)20-40-15-13-27(14-16-40)33-7-6-8-35(39-33)44-22-29-11-12-30(36)18-32(29)37/h6-12,17-19,23,27H,3,5,13-16,20-22H2,1-2,4H3. The van der Waals surface area contributed by atoms with Crippen molar-refractivity contribution in [2.75, 3.05) is 24.5 Å². The summed E-state index contributed by atoms with van der Waals surface area (Å²) in [7, 11) is 0. The Labute approximate surface area is 264 Å². The Morgan fingerprint density at radius 3 is 2.68 bits per heavy atom. The Morgan fingerprint density at radius 1 is 1.16 bits per heavy atom. The summed E-state index contributed by atoms with van der Waals surface area (Å²) in [5, 5.41) is 0.357. The number of piperidine rings is 1. The number of aryl methyl sites for hydroxylation is 2. The van der Waals surface area contributed by atoms with Gasteiger partial charge in [0.25, 0.3) is 0 Å². The second-order valence-corrected chi connectivity index (χ2v) is 11.8. The lowest BCUT2D eigenvalue weighted by atomic mass is 9.93. The molecule has 5 rings (SSSR count). The molecule has 230 valence electrons. The SMILES string of the molecule is C=C(CN1CCC(c2cccc(OCc3ccc(Cl)cc3F)n2)CC1)N(Cc1cncn1CC)c1cc(C(C)=O)ccc1C. The Morgan fingerprint density at radius 2 is 1.95 bits per heavy atom. The number of Topliss-reactive ketones (excluding diaryl/α,β-unsaturated/α-hetero) is 1. The van der Waals surface area contributed by atoms with E-state index in [4.69, 9.17) is 21.3 Å². The van der Waals surface area contributed by atoms with Gasteiger partial charge in [0.1, 0.15) is 12.4 Å². The van der Waals surface area contributed by atoms with E-state index in [2.05, 4.69) is 39.8 Å². The monoisotopic (exact) mass is 615 g/mol. The molecule has 1 aliphatic heterocycles. The number of rotatable bonds is 12. The van der Waals surface area contributed by atoms with Crippen LogP contribution < -0.4 is 9.64 Å². The van der Waals surface area contributed by atoms with Gasteiger partial charge in [-0.25, -0.2) is 14.4 Å². The van der Waals surface area contributed by atoms with Crippen molar-refractivity contribution in [2.45, 2.75) is 59.2 Å². The van der Waals surface area contributed by atoms with Gasteiger partial charge in [-0.05, 0) is 76.5 Å². The third kappa shape index (κ3) is 7.55. The highest BCUT2D eigenvalue weighted by Crippen LogP contribution is 2.31. The van der Waals surface area contributed by atoms with E-state index in [1.807, 2.05) is 42.9 Å². The highest BCUT2D eigenvalue weighted by atomic mass is 35.5. The fraction of sp³-hybridized carbons (Fsp3) is 0.343. The number of carbonyl (C=O) groups is 1. The van der Waals surface area contributed by atoms with Gasteiger partial charge < -0.3 is 14.2 Å². The van der Waals surface area contributed by atoms with E-state index in [1.165, 1.54) is 6.07 Å². The molecular formula is C35H39ClFN5O2. The van der Waals surface area contributed by atoms with Crippen LogP contribution in [0, 0.1) is 12.7 Å². The molecule has 0 atom stereocenters. The first-order valence-corrected chi connectivity index (χ1v) is 15.4. The zero-order valence-corrected chi connectivity index (χ0v) is 26.4. The normalized spacial score (nSPS) is 14.0. The molecule has 2 aromatic heterocycles. The zero-order valence-electron chi connectivity index (χ0n) is 25.6. The minimum atomic E-state index is -0.390. The highest BCUT2D eigenvalue weighted by molar-refractivity contribution is 6.30. The van der Waals surface area contributed by atoms with E-state index in [0.717, 1.165) is 60.8 Å². The lowest BCUT2D eigenvalue weighted by Crippen LogP contribution is -2.38. The van der Waals surface area contributed by atoms with Crippen LogP contribution in [0.4, 0.5) is 10.1 Å². The molecule has 2 aromatic carbocycles. The largest absolute Gasteiger partial charge is 0.473 e. The van der Waals surface area contributed by atoms with E-state index >= 15 is 0 Å². The molecule has 0 unspecified atom stereocenters. The Balaban J connectivity index is 1.24. The van der Waals surface area contributed by atoms with Gasteiger partial charge in [-0.1, -0.05) is 42.4 Å². The lowest BCUT2D eigenvalue weighted by molar-refractivity contribution is 0.101. The maximum atomic E-state index is 14.2. The molecule has 0 bridgehead atoms. The summed E-state index contributed by atoms with van der Waals surface area (Å²) in [4.78, 5) is 26.0. The van der Waals surface area contributed by atoms with Gasteiger partial charge in [-0.3, -0.25) is 9.69 Å². The number of aromatic nitrogens is 3. The van der Waals surface area contributed by atoms with Gasteiger partial charge in [0.05, 0.1) is 18.6 Å². The maximum absolute atomic E-state index is 14.2. The average Bonchev–Trinajstić information content (AvgIpc) is 3.47. The number of hydrogen-bond acceptors (Lipinski definition) is 6. The molecule has 0 spiro atoms. The number of nitrogens with zero attached hydrogens (tertiary/aromatic N) is 5. The van der Waals surface area contributed by atoms with Crippen LogP contribution in [0.1, 0.15) is 65.5 Å². The first-order valence-electron chi connectivity index (χ1n) is 15.0. The molecule has 7 nitrogen and oxygen atoms in total. The summed E-state index contributed by atoms with van der Waals surface area (Å²) in [5.41, 5.74) is 6.25. The Hall–Kier alpha value is -4.01. The number of benzene rings is 2. The molecule has 4 aromatic rings. The van der Waals surface area contributed by atoms with Crippen molar-refractivity contribution in [1.82, 2.24) is 19.4 Å². The fourth-order valence-electron chi connectivity index (χ4n) is 5.67. The molecular weight excluding hydrogens is 577 g/mol. The number of pyridine rings is 1. The molecule has 1 saturated heterocycles. The van der Waals surface area contributed by atoms with E-state index in [1.54, 1.807) is 25.1 Å². The van der Waals surface area contributed by atoms with Gasteiger partial charge in [-0.15, -0.1) is 0 Å². The van der Waals surface area contributed by atoms with Crippen LogP contribution >= 0.6 is 11.6 Å². The molecule has 44 heavy (non-hydrogen) atoms. The van der Waals surface area contributed by atoms with Crippen LogP contribution in [-0.4, -0.2) is 44.9 Å². The van der Waals surface area contributed by atoms with E-state index in [9.17, 15) is 9.18 Å². The summed E-state index contributed by atoms with van der Waals surface area (Å²) in [6.45, 7) is 14.3. The van der Waals surface area contributed by atoms with Crippen molar-refractivity contribution in [2.24, 2.45) is 0 Å². The summed E-state index contributed by atoms with van der Waals surface area (Å²) < 4.78 is 22.1. The van der Waals surface area contributed by atoms with E-state index in [0.29, 0.717) is 41.0 Å². The van der Waals surface area contributed by atoms with E-state index in [-0.39, 0.29) is 18.2 Å². The molecule has 0 radical (unpaired) electrons. The van der Waals surface area contributed by atoms with Crippen LogP contribution in [-0.2, 0) is 19.7 Å². The highest BCUT2D eigenvalue weighted by Gasteiger charge is 2.25. The second-order valence-electron chi connectivity index (χ2n) is 11.4. The molecule has 9 heteroatoms. The van der Waals surface area contributed by atoms with Crippen LogP contribution in [0.25, 0.3) is 0 Å². The summed E-state index contributed by atoms with van der Waals surface area (Å²) in [6, 6.07) is 16.2. The number of hydrogen-bond donors (Lipinski definition) is 0. The van der Waals surface area contributed by atoms with Gasteiger partial charge >= 0.3 is 0 Å². The third-order valence-corrected chi connectivity index (χ3v) is 8.53. The van der Waals surface area contributed by atoms with E-state index < -0.39 is 0 Å². The van der Waals surface area contributed by atoms with Crippen molar-refractivity contribution in [3.8, 4) is 5.88 Å². The number of halogens is 2. The lowest BCUT2D eigenvalue weighted by Gasteiger charge is -2.36. The number of anilines is 1. The minimum Gasteiger partial charge on any atom is -0.473 e. The van der Waals surface area contributed by atoms with Crippen molar-refractivity contribution in [1.29, 1.82) is 0 Å². The maximum Gasteiger partial charge on any atom is 0.213 e. The fourth-order valence-corrected chi connectivity index (χ4v) is 5.83. The topological polar surface area (TPSA) is 63.5 Å².